The average Bonchev–Trinajstić information content (AvgIpc) is 3.04. The third kappa shape index (κ3) is 4.06. The lowest BCUT2D eigenvalue weighted by Crippen LogP contribution is -2.13. The number of esters is 1. The first-order valence-electron chi connectivity index (χ1n) is 8.97. The van der Waals surface area contributed by atoms with E-state index in [4.69, 9.17) is 9.47 Å². The predicted octanol–water partition coefficient (Wildman–Crippen LogP) is 3.28. The molecule has 7 nitrogen and oxygen atoms in total. The molecule has 2 heterocycles. The van der Waals surface area contributed by atoms with Crippen LogP contribution in [0, 0.1) is 13.8 Å². The third-order valence-corrected chi connectivity index (χ3v) is 5.58. The van der Waals surface area contributed by atoms with Gasteiger partial charge in [0.2, 0.25) is 5.16 Å². The summed E-state index contributed by atoms with van der Waals surface area (Å²) in [5.74, 6) is 0.556. The summed E-state index contributed by atoms with van der Waals surface area (Å²) in [5.41, 5.74) is 3.96. The first-order valence-corrected chi connectivity index (χ1v) is 10.3. The number of para-hydroxylation sites is 2. The minimum atomic E-state index is -1.48. The van der Waals surface area contributed by atoms with Crippen molar-refractivity contribution in [1.82, 2.24) is 14.5 Å². The molecule has 1 atom stereocenters. The predicted molar refractivity (Wildman–Crippen MR) is 106 cm³/mol. The summed E-state index contributed by atoms with van der Waals surface area (Å²) in [4.78, 5) is 20.2. The van der Waals surface area contributed by atoms with Gasteiger partial charge in [0, 0.05) is 24.2 Å². The van der Waals surface area contributed by atoms with Gasteiger partial charge in [0.1, 0.15) is 5.75 Å². The lowest BCUT2D eigenvalue weighted by molar-refractivity contribution is -0.144. The molecular formula is C20H23N3O4S. The number of fused-ring (bicyclic) bond motifs is 1. The molecule has 3 rings (SSSR count). The van der Waals surface area contributed by atoms with Gasteiger partial charge < -0.3 is 9.47 Å². The van der Waals surface area contributed by atoms with Gasteiger partial charge in [0.15, 0.2) is 6.73 Å². The number of aromatic nitrogens is 3. The second kappa shape index (κ2) is 8.52. The summed E-state index contributed by atoms with van der Waals surface area (Å²) >= 11 is 0. The number of rotatable bonds is 7. The van der Waals surface area contributed by atoms with Gasteiger partial charge in [0.25, 0.3) is 0 Å². The molecule has 3 aromatic rings. The fourth-order valence-corrected chi connectivity index (χ4v) is 4.23. The Morgan fingerprint density at radius 1 is 1.25 bits per heavy atom. The molecule has 28 heavy (non-hydrogen) atoms. The number of carbonyl (C=O) groups is 1. The Kier molecular flexibility index (Phi) is 6.08. The van der Waals surface area contributed by atoms with Gasteiger partial charge in [-0.1, -0.05) is 12.1 Å². The van der Waals surface area contributed by atoms with Crippen molar-refractivity contribution < 1.29 is 18.5 Å². The van der Waals surface area contributed by atoms with E-state index < -0.39 is 16.8 Å². The standard InChI is InChI=1S/C20H23N3O4S/c1-5-26-19-13(2)10-21-17(14(19)3)11-28(25)20-22-16-8-6-7-9-18(16)23(20)12-27-15(4)24/h6-10H,5,11-12H2,1-4H3. The van der Waals surface area contributed by atoms with Crippen molar-refractivity contribution in [3.63, 3.8) is 0 Å². The number of aryl methyl sites for hydroxylation is 1. The number of hydrogen-bond acceptors (Lipinski definition) is 6. The third-order valence-electron chi connectivity index (χ3n) is 4.32. The maximum absolute atomic E-state index is 13.2. The van der Waals surface area contributed by atoms with E-state index in [9.17, 15) is 9.00 Å². The summed E-state index contributed by atoms with van der Waals surface area (Å²) in [6, 6.07) is 7.41. The molecule has 0 saturated heterocycles. The second-order valence-corrected chi connectivity index (χ2v) is 7.69. The first kappa shape index (κ1) is 20.0. The quantitative estimate of drug-likeness (QED) is 0.565. The fraction of sp³-hybridized carbons (Fsp3) is 0.350. The number of imidazole rings is 1. The average molecular weight is 401 g/mol. The van der Waals surface area contributed by atoms with Crippen LogP contribution in [0.25, 0.3) is 11.0 Å². The van der Waals surface area contributed by atoms with E-state index in [1.807, 2.05) is 45.0 Å². The molecule has 0 spiro atoms. The largest absolute Gasteiger partial charge is 0.493 e. The second-order valence-electron chi connectivity index (χ2n) is 6.34. The van der Waals surface area contributed by atoms with Gasteiger partial charge in [-0.05, 0) is 32.9 Å². The number of hydrogen-bond donors (Lipinski definition) is 0. The molecule has 2 aromatic heterocycles. The highest BCUT2D eigenvalue weighted by atomic mass is 32.2. The molecule has 0 fully saturated rings. The molecule has 0 saturated carbocycles. The molecule has 0 radical (unpaired) electrons. The van der Waals surface area contributed by atoms with Crippen molar-refractivity contribution in [2.75, 3.05) is 6.61 Å². The van der Waals surface area contributed by atoms with Crippen molar-refractivity contribution in [1.29, 1.82) is 0 Å². The highest BCUT2D eigenvalue weighted by Crippen LogP contribution is 2.27. The molecule has 0 aliphatic rings. The van der Waals surface area contributed by atoms with Gasteiger partial charge in [0.05, 0.1) is 39.9 Å². The number of carbonyl (C=O) groups excluding carboxylic acids is 1. The maximum Gasteiger partial charge on any atom is 0.304 e. The Morgan fingerprint density at radius 2 is 2.00 bits per heavy atom. The molecular weight excluding hydrogens is 378 g/mol. The Bertz CT molecular complexity index is 1050. The minimum absolute atomic E-state index is 0.0403. The molecule has 1 unspecified atom stereocenters. The van der Waals surface area contributed by atoms with Crippen molar-refractivity contribution >= 4 is 27.8 Å². The van der Waals surface area contributed by atoms with Crippen LogP contribution in [0.3, 0.4) is 0 Å². The Labute approximate surface area is 166 Å². The molecule has 148 valence electrons. The normalized spacial score (nSPS) is 12.1. The van der Waals surface area contributed by atoms with E-state index in [-0.39, 0.29) is 12.5 Å². The summed E-state index contributed by atoms with van der Waals surface area (Å²) in [6.45, 7) is 7.62. The number of benzene rings is 1. The van der Waals surface area contributed by atoms with Crippen LogP contribution < -0.4 is 4.74 Å². The summed E-state index contributed by atoms with van der Waals surface area (Å²) in [5, 5.41) is 0.349. The Balaban J connectivity index is 1.97. The van der Waals surface area contributed by atoms with Gasteiger partial charge >= 0.3 is 5.97 Å². The van der Waals surface area contributed by atoms with Crippen molar-refractivity contribution in [3.05, 3.63) is 47.3 Å². The molecule has 0 aliphatic carbocycles. The lowest BCUT2D eigenvalue weighted by Gasteiger charge is -2.14. The summed E-state index contributed by atoms with van der Waals surface area (Å²) in [6.07, 6.45) is 1.73. The zero-order valence-electron chi connectivity index (χ0n) is 16.4. The van der Waals surface area contributed by atoms with E-state index in [1.54, 1.807) is 10.8 Å². The highest BCUT2D eigenvalue weighted by Gasteiger charge is 2.20. The van der Waals surface area contributed by atoms with Crippen LogP contribution in [-0.4, -0.2) is 31.3 Å². The van der Waals surface area contributed by atoms with Crippen LogP contribution in [0.1, 0.15) is 30.7 Å². The zero-order chi connectivity index (χ0) is 20.3. The topological polar surface area (TPSA) is 83.3 Å². The van der Waals surface area contributed by atoms with E-state index in [1.165, 1.54) is 6.92 Å². The van der Waals surface area contributed by atoms with E-state index in [0.29, 0.717) is 23.0 Å². The highest BCUT2D eigenvalue weighted by molar-refractivity contribution is 7.84. The molecule has 0 bridgehead atoms. The van der Waals surface area contributed by atoms with Crippen LogP contribution in [0.2, 0.25) is 0 Å². The zero-order valence-corrected chi connectivity index (χ0v) is 17.2. The van der Waals surface area contributed by atoms with Gasteiger partial charge in [-0.3, -0.25) is 18.6 Å². The smallest absolute Gasteiger partial charge is 0.304 e. The maximum atomic E-state index is 13.2. The van der Waals surface area contributed by atoms with E-state index in [0.717, 1.165) is 22.4 Å². The summed E-state index contributed by atoms with van der Waals surface area (Å²) < 4.78 is 25.7. The van der Waals surface area contributed by atoms with Crippen LogP contribution >= 0.6 is 0 Å². The van der Waals surface area contributed by atoms with Crippen molar-refractivity contribution in [2.24, 2.45) is 0 Å². The van der Waals surface area contributed by atoms with Crippen molar-refractivity contribution in [3.8, 4) is 5.75 Å². The molecule has 0 aliphatic heterocycles. The van der Waals surface area contributed by atoms with E-state index >= 15 is 0 Å². The van der Waals surface area contributed by atoms with Gasteiger partial charge in [-0.15, -0.1) is 0 Å². The van der Waals surface area contributed by atoms with Crippen LogP contribution in [-0.2, 0) is 32.8 Å². The number of nitrogens with zero attached hydrogens (tertiary/aromatic N) is 3. The van der Waals surface area contributed by atoms with Gasteiger partial charge in [-0.2, -0.15) is 0 Å². The molecule has 0 N–H and O–H groups in total. The Hall–Kier alpha value is -2.74. The number of pyridine rings is 1. The molecule has 0 amide bonds. The minimum Gasteiger partial charge on any atom is -0.493 e. The Morgan fingerprint density at radius 3 is 2.71 bits per heavy atom. The fourth-order valence-electron chi connectivity index (χ4n) is 2.97. The monoisotopic (exact) mass is 401 g/mol. The number of ether oxygens (including phenoxy) is 2. The van der Waals surface area contributed by atoms with Crippen molar-refractivity contribution in [2.45, 2.75) is 45.3 Å². The van der Waals surface area contributed by atoms with E-state index in [2.05, 4.69) is 9.97 Å². The lowest BCUT2D eigenvalue weighted by atomic mass is 10.1. The molecule has 1 aromatic carbocycles. The summed E-state index contributed by atoms with van der Waals surface area (Å²) in [7, 11) is -1.48. The van der Waals surface area contributed by atoms with Gasteiger partial charge in [-0.25, -0.2) is 4.98 Å². The van der Waals surface area contributed by atoms with Crippen LogP contribution in [0.5, 0.6) is 5.75 Å². The first-order chi connectivity index (χ1) is 13.4. The molecule has 8 heteroatoms. The SMILES string of the molecule is CCOc1c(C)cnc(CS(=O)c2nc3ccccc3n2COC(C)=O)c1C. The van der Waals surface area contributed by atoms with Crippen LogP contribution in [0.4, 0.5) is 0 Å². The van der Waals surface area contributed by atoms with Crippen LogP contribution in [0.15, 0.2) is 35.6 Å².